The molecule has 3 aromatic rings. The van der Waals surface area contributed by atoms with Crippen LogP contribution < -0.4 is 10.1 Å². The average Bonchev–Trinajstić information content (AvgIpc) is 2.94. The van der Waals surface area contributed by atoms with Crippen LogP contribution in [0.25, 0.3) is 11.1 Å². The number of aryl methyl sites for hydroxylation is 2. The molecule has 0 saturated heterocycles. The van der Waals surface area contributed by atoms with E-state index in [0.717, 1.165) is 53.7 Å². The van der Waals surface area contributed by atoms with Gasteiger partial charge in [-0.2, -0.15) is 11.8 Å². The molecule has 3 rings (SSSR count). The molecule has 3 aromatic carbocycles. The van der Waals surface area contributed by atoms with E-state index in [0.29, 0.717) is 31.0 Å². The zero-order chi connectivity index (χ0) is 28.0. The van der Waals surface area contributed by atoms with Gasteiger partial charge in [0.15, 0.2) is 0 Å². The third-order valence-corrected chi connectivity index (χ3v) is 7.28. The number of hydrogen-bond acceptors (Lipinski definition) is 5. The fourth-order valence-electron chi connectivity index (χ4n) is 4.43. The molecular formula is C32H39NO5S. The number of carboxylic acid groups (broad SMARTS) is 1. The van der Waals surface area contributed by atoms with Crippen LogP contribution in [-0.2, 0) is 22.6 Å². The van der Waals surface area contributed by atoms with Gasteiger partial charge in [-0.1, -0.05) is 48.9 Å². The molecule has 1 atom stereocenters. The molecule has 0 spiro atoms. The molecule has 0 saturated carbocycles. The van der Waals surface area contributed by atoms with E-state index in [4.69, 9.17) is 9.47 Å². The van der Waals surface area contributed by atoms with Crippen molar-refractivity contribution in [3.63, 3.8) is 0 Å². The minimum Gasteiger partial charge on any atom is -0.497 e. The van der Waals surface area contributed by atoms with Gasteiger partial charge in [0.2, 0.25) is 0 Å². The molecule has 39 heavy (non-hydrogen) atoms. The summed E-state index contributed by atoms with van der Waals surface area (Å²) in [6.45, 7) is 3.11. The molecule has 7 heteroatoms. The normalized spacial score (nSPS) is 11.7. The van der Waals surface area contributed by atoms with Crippen molar-refractivity contribution >= 4 is 23.6 Å². The Morgan fingerprint density at radius 1 is 0.949 bits per heavy atom. The average molecular weight is 550 g/mol. The maximum atomic E-state index is 13.2. The first kappa shape index (κ1) is 30.3. The number of amides is 1. The number of benzene rings is 3. The quantitative estimate of drug-likeness (QED) is 0.198. The summed E-state index contributed by atoms with van der Waals surface area (Å²) in [4.78, 5) is 24.9. The topological polar surface area (TPSA) is 84.9 Å². The molecule has 2 N–H and O–H groups in total. The second-order valence-electron chi connectivity index (χ2n) is 9.56. The van der Waals surface area contributed by atoms with E-state index in [2.05, 4.69) is 17.4 Å². The van der Waals surface area contributed by atoms with Gasteiger partial charge in [-0.15, -0.1) is 0 Å². The highest BCUT2D eigenvalue weighted by Gasteiger charge is 2.22. The summed E-state index contributed by atoms with van der Waals surface area (Å²) in [5.41, 5.74) is 5.47. The van der Waals surface area contributed by atoms with E-state index in [1.165, 1.54) is 5.56 Å². The Morgan fingerprint density at radius 2 is 1.77 bits per heavy atom. The van der Waals surface area contributed by atoms with Crippen molar-refractivity contribution < 1.29 is 24.2 Å². The third-order valence-electron chi connectivity index (χ3n) is 6.63. The predicted molar refractivity (Wildman–Crippen MR) is 159 cm³/mol. The Labute approximate surface area is 236 Å². The lowest BCUT2D eigenvalue weighted by Crippen LogP contribution is -2.41. The molecule has 0 aliphatic carbocycles. The second-order valence-corrected chi connectivity index (χ2v) is 10.5. The number of methoxy groups -OCH3 is 1. The van der Waals surface area contributed by atoms with E-state index < -0.39 is 12.0 Å². The van der Waals surface area contributed by atoms with Gasteiger partial charge in [0.05, 0.1) is 13.7 Å². The summed E-state index contributed by atoms with van der Waals surface area (Å²) in [5, 5.41) is 12.3. The van der Waals surface area contributed by atoms with Gasteiger partial charge in [-0.05, 0) is 96.7 Å². The van der Waals surface area contributed by atoms with Crippen LogP contribution in [0.1, 0.15) is 52.7 Å². The molecular weight excluding hydrogens is 510 g/mol. The number of thioether (sulfide) groups is 1. The molecule has 0 heterocycles. The van der Waals surface area contributed by atoms with E-state index in [9.17, 15) is 14.7 Å². The highest BCUT2D eigenvalue weighted by atomic mass is 32.2. The fourth-order valence-corrected chi connectivity index (χ4v) is 4.91. The molecule has 208 valence electrons. The second kappa shape index (κ2) is 16.0. The largest absolute Gasteiger partial charge is 0.497 e. The highest BCUT2D eigenvalue weighted by molar-refractivity contribution is 7.98. The Morgan fingerprint density at radius 3 is 2.51 bits per heavy atom. The monoisotopic (exact) mass is 549 g/mol. The standard InChI is InChI=1S/C32H39NO5S/c1-23-10-6-7-14-27(23)29-21-25(15-16-28(29)31(34)33-30(32(35)36)17-19-39-3)22-38-18-8-4-5-11-24-12-9-13-26(20-24)37-2/h6-7,9-10,12-16,20-21,30H,4-5,8,11,17-19,22H2,1-3H3,(H,33,34)(H,35,36)/t30-/m0/s1. The molecule has 0 radical (unpaired) electrons. The van der Waals surface area contributed by atoms with Crippen LogP contribution in [0, 0.1) is 6.92 Å². The van der Waals surface area contributed by atoms with Crippen LogP contribution in [0.3, 0.4) is 0 Å². The molecule has 0 unspecified atom stereocenters. The van der Waals surface area contributed by atoms with Crippen molar-refractivity contribution in [2.24, 2.45) is 0 Å². The van der Waals surface area contributed by atoms with Crippen LogP contribution in [0.2, 0.25) is 0 Å². The Balaban J connectivity index is 1.61. The van der Waals surface area contributed by atoms with Gasteiger partial charge in [0.25, 0.3) is 5.91 Å². The minimum absolute atomic E-state index is 0.368. The summed E-state index contributed by atoms with van der Waals surface area (Å²) in [6.07, 6.45) is 6.44. The fraction of sp³-hybridized carbons (Fsp3) is 0.375. The summed E-state index contributed by atoms with van der Waals surface area (Å²) in [7, 11) is 1.69. The lowest BCUT2D eigenvalue weighted by atomic mass is 9.93. The maximum Gasteiger partial charge on any atom is 0.326 e. The van der Waals surface area contributed by atoms with Gasteiger partial charge in [-0.3, -0.25) is 4.79 Å². The number of aliphatic carboxylic acids is 1. The van der Waals surface area contributed by atoms with Crippen LogP contribution in [0.4, 0.5) is 0 Å². The van der Waals surface area contributed by atoms with Gasteiger partial charge < -0.3 is 19.9 Å². The van der Waals surface area contributed by atoms with Crippen LogP contribution in [-0.4, -0.2) is 48.8 Å². The molecule has 0 aliphatic heterocycles. The van der Waals surface area contributed by atoms with Crippen LogP contribution >= 0.6 is 11.8 Å². The Bertz CT molecular complexity index is 1230. The van der Waals surface area contributed by atoms with Crippen LogP contribution in [0.15, 0.2) is 66.7 Å². The predicted octanol–water partition coefficient (Wildman–Crippen LogP) is 6.54. The lowest BCUT2D eigenvalue weighted by molar-refractivity contribution is -0.139. The van der Waals surface area contributed by atoms with Gasteiger partial charge >= 0.3 is 5.97 Å². The summed E-state index contributed by atoms with van der Waals surface area (Å²) in [6, 6.07) is 20.8. The maximum absolute atomic E-state index is 13.2. The molecule has 0 aromatic heterocycles. The summed E-state index contributed by atoms with van der Waals surface area (Å²) < 4.78 is 11.3. The number of carbonyl (C=O) groups excluding carboxylic acids is 1. The number of carbonyl (C=O) groups is 2. The van der Waals surface area contributed by atoms with Crippen molar-refractivity contribution in [1.29, 1.82) is 0 Å². The number of hydrogen-bond donors (Lipinski definition) is 2. The van der Waals surface area contributed by atoms with Crippen molar-refractivity contribution in [3.05, 3.63) is 89.0 Å². The number of ether oxygens (including phenoxy) is 2. The smallest absolute Gasteiger partial charge is 0.326 e. The first-order valence-electron chi connectivity index (χ1n) is 13.3. The molecule has 1 amide bonds. The molecule has 6 nitrogen and oxygen atoms in total. The van der Waals surface area contributed by atoms with E-state index in [-0.39, 0.29) is 5.91 Å². The number of carboxylic acids is 1. The van der Waals surface area contributed by atoms with Gasteiger partial charge in [0.1, 0.15) is 11.8 Å². The summed E-state index contributed by atoms with van der Waals surface area (Å²) in [5.74, 6) is 0.134. The first-order chi connectivity index (χ1) is 18.9. The molecule has 0 bridgehead atoms. The third kappa shape index (κ3) is 9.44. The van der Waals surface area contributed by atoms with E-state index >= 15 is 0 Å². The molecule has 0 aliphatic rings. The Hall–Kier alpha value is -3.29. The first-order valence-corrected chi connectivity index (χ1v) is 14.7. The zero-order valence-electron chi connectivity index (χ0n) is 23.1. The van der Waals surface area contributed by atoms with Crippen LogP contribution in [0.5, 0.6) is 5.75 Å². The number of unbranched alkanes of at least 4 members (excludes halogenated alkanes) is 2. The van der Waals surface area contributed by atoms with E-state index in [1.54, 1.807) is 24.9 Å². The minimum atomic E-state index is -1.02. The summed E-state index contributed by atoms with van der Waals surface area (Å²) >= 11 is 1.55. The van der Waals surface area contributed by atoms with Crippen molar-refractivity contribution in [1.82, 2.24) is 5.32 Å². The lowest BCUT2D eigenvalue weighted by Gasteiger charge is -2.17. The van der Waals surface area contributed by atoms with Crippen molar-refractivity contribution in [2.45, 2.75) is 51.7 Å². The highest BCUT2D eigenvalue weighted by Crippen LogP contribution is 2.29. The number of rotatable bonds is 16. The van der Waals surface area contributed by atoms with Crippen molar-refractivity contribution in [2.75, 3.05) is 25.7 Å². The van der Waals surface area contributed by atoms with Gasteiger partial charge in [-0.25, -0.2) is 4.79 Å². The SMILES string of the molecule is COc1cccc(CCCCCOCc2ccc(C(=O)N[C@@H](CCSC)C(=O)O)c(-c3ccccc3C)c2)c1. The Kier molecular flexibility index (Phi) is 12.4. The zero-order valence-corrected chi connectivity index (χ0v) is 23.9. The number of nitrogens with one attached hydrogen (secondary N) is 1. The van der Waals surface area contributed by atoms with Crippen molar-refractivity contribution in [3.8, 4) is 16.9 Å². The van der Waals surface area contributed by atoms with Gasteiger partial charge in [0, 0.05) is 12.2 Å². The molecule has 0 fully saturated rings. The van der Waals surface area contributed by atoms with E-state index in [1.807, 2.05) is 61.7 Å².